The van der Waals surface area contributed by atoms with Gasteiger partial charge in [-0.25, -0.2) is 0 Å². The fourth-order valence-electron chi connectivity index (χ4n) is 5.51. The van der Waals surface area contributed by atoms with Crippen LogP contribution in [0.1, 0.15) is 32.3 Å². The summed E-state index contributed by atoms with van der Waals surface area (Å²) in [4.78, 5) is 24.7. The van der Waals surface area contributed by atoms with Crippen molar-refractivity contribution in [3.8, 4) is 0 Å². The van der Waals surface area contributed by atoms with Gasteiger partial charge in [0.1, 0.15) is 11.6 Å². The molecule has 4 rings (SSSR count). The van der Waals surface area contributed by atoms with E-state index in [1.807, 2.05) is 37.3 Å². The molecule has 0 amide bonds. The summed E-state index contributed by atoms with van der Waals surface area (Å²) in [5.41, 5.74) is 0.0794. The summed E-state index contributed by atoms with van der Waals surface area (Å²) in [7, 11) is 0. The molecule has 1 aromatic carbocycles. The maximum atomic E-state index is 12.5. The molecular formula is C20H24O4. The number of benzene rings is 1. The third-order valence-corrected chi connectivity index (χ3v) is 6.64. The Hall–Kier alpha value is -1.52. The number of carbonyl (C=O) groups excluding carboxylic acids is 2. The summed E-state index contributed by atoms with van der Waals surface area (Å²) in [5.74, 6) is -0.348. The Morgan fingerprint density at radius 3 is 2.58 bits per heavy atom. The fourth-order valence-corrected chi connectivity index (χ4v) is 5.51. The monoisotopic (exact) mass is 328 g/mol. The van der Waals surface area contributed by atoms with E-state index in [2.05, 4.69) is 0 Å². The van der Waals surface area contributed by atoms with Gasteiger partial charge in [-0.2, -0.15) is 0 Å². The van der Waals surface area contributed by atoms with Crippen molar-refractivity contribution >= 4 is 11.6 Å². The van der Waals surface area contributed by atoms with Crippen molar-refractivity contribution in [1.29, 1.82) is 0 Å². The van der Waals surface area contributed by atoms with Crippen molar-refractivity contribution in [3.63, 3.8) is 0 Å². The van der Waals surface area contributed by atoms with Gasteiger partial charge >= 0.3 is 0 Å². The van der Waals surface area contributed by atoms with Gasteiger partial charge in [0.2, 0.25) is 0 Å². The molecule has 1 aromatic rings. The quantitative estimate of drug-likeness (QED) is 0.925. The lowest BCUT2D eigenvalue weighted by Crippen LogP contribution is -2.48. The normalized spacial score (nSPS) is 44.0. The van der Waals surface area contributed by atoms with Gasteiger partial charge in [-0.15, -0.1) is 0 Å². The van der Waals surface area contributed by atoms with Crippen LogP contribution in [0.2, 0.25) is 0 Å². The van der Waals surface area contributed by atoms with Crippen LogP contribution in [-0.2, 0) is 20.9 Å². The summed E-state index contributed by atoms with van der Waals surface area (Å²) < 4.78 is 6.20. The molecule has 2 bridgehead atoms. The van der Waals surface area contributed by atoms with Gasteiger partial charge in [0, 0.05) is 24.7 Å². The Kier molecular flexibility index (Phi) is 3.66. The molecule has 0 aromatic heterocycles. The smallest absolute Gasteiger partial charge is 0.139 e. The molecule has 3 saturated carbocycles. The average Bonchev–Trinajstić information content (AvgIpc) is 2.90. The van der Waals surface area contributed by atoms with Gasteiger partial charge in [0.25, 0.3) is 0 Å². The first-order valence-electron chi connectivity index (χ1n) is 8.84. The summed E-state index contributed by atoms with van der Waals surface area (Å²) in [6.45, 7) is 4.16. The molecule has 3 aliphatic carbocycles. The maximum absolute atomic E-state index is 12.5. The van der Waals surface area contributed by atoms with Crippen LogP contribution in [-0.4, -0.2) is 28.4 Å². The summed E-state index contributed by atoms with van der Waals surface area (Å²) in [6.07, 6.45) is 0.608. The van der Waals surface area contributed by atoms with Crippen LogP contribution < -0.4 is 0 Å². The molecule has 0 heterocycles. The number of Topliss-reactive ketones (excluding diaryl/α,β-unsaturated/α-hetero) is 2. The number of ether oxygens (including phenoxy) is 1. The number of ketones is 2. The second-order valence-electron chi connectivity index (χ2n) is 7.94. The second kappa shape index (κ2) is 5.50. The van der Waals surface area contributed by atoms with Crippen LogP contribution in [0.15, 0.2) is 30.3 Å². The highest BCUT2D eigenvalue weighted by molar-refractivity contribution is 5.90. The van der Waals surface area contributed by atoms with E-state index in [0.717, 1.165) is 5.56 Å². The Labute approximate surface area is 142 Å². The predicted octanol–water partition coefficient (Wildman–Crippen LogP) is 2.38. The minimum Gasteiger partial charge on any atom is -0.389 e. The Balaban J connectivity index is 1.61. The van der Waals surface area contributed by atoms with Gasteiger partial charge in [-0.05, 0) is 24.3 Å². The molecule has 0 unspecified atom stereocenters. The third-order valence-electron chi connectivity index (χ3n) is 6.64. The standard InChI is InChI=1S/C20H24O4/c1-11-15(21)8-13-17(14-9-16(22)18(13)20(14,2)23)19(11)24-10-12-6-4-3-5-7-12/h3-7,11,13-14,17-19,23H,8-10H2,1-2H3/t11-,13-,14+,17+,18+,19+,20-/m0/s1. The number of rotatable bonds is 3. The number of hydrogen-bond donors (Lipinski definition) is 1. The van der Waals surface area contributed by atoms with Crippen LogP contribution >= 0.6 is 0 Å². The van der Waals surface area contributed by atoms with Gasteiger partial charge in [0.05, 0.1) is 24.2 Å². The summed E-state index contributed by atoms with van der Waals surface area (Å²) in [6, 6.07) is 9.92. The third kappa shape index (κ3) is 2.20. The van der Waals surface area contributed by atoms with E-state index in [-0.39, 0.29) is 41.3 Å². The van der Waals surface area contributed by atoms with E-state index in [0.29, 0.717) is 19.4 Å². The lowest BCUT2D eigenvalue weighted by atomic mass is 9.65. The van der Waals surface area contributed by atoms with E-state index in [9.17, 15) is 14.7 Å². The predicted molar refractivity (Wildman–Crippen MR) is 88.0 cm³/mol. The Bertz CT molecular complexity index is 665. The molecule has 128 valence electrons. The van der Waals surface area contributed by atoms with Crippen molar-refractivity contribution in [1.82, 2.24) is 0 Å². The lowest BCUT2D eigenvalue weighted by molar-refractivity contribution is -0.147. The number of carbonyl (C=O) groups is 2. The molecule has 4 heteroatoms. The minimum atomic E-state index is -0.995. The van der Waals surface area contributed by atoms with Crippen molar-refractivity contribution in [3.05, 3.63) is 35.9 Å². The first-order chi connectivity index (χ1) is 11.4. The largest absolute Gasteiger partial charge is 0.389 e. The van der Waals surface area contributed by atoms with E-state index in [1.54, 1.807) is 6.92 Å². The van der Waals surface area contributed by atoms with E-state index >= 15 is 0 Å². The van der Waals surface area contributed by atoms with Gasteiger partial charge in [0.15, 0.2) is 0 Å². The van der Waals surface area contributed by atoms with Gasteiger partial charge < -0.3 is 9.84 Å². The molecule has 0 radical (unpaired) electrons. The molecule has 4 nitrogen and oxygen atoms in total. The van der Waals surface area contributed by atoms with Crippen LogP contribution in [0.3, 0.4) is 0 Å². The van der Waals surface area contributed by atoms with Crippen LogP contribution in [0.25, 0.3) is 0 Å². The molecule has 0 saturated heterocycles. The second-order valence-corrected chi connectivity index (χ2v) is 7.94. The molecule has 24 heavy (non-hydrogen) atoms. The Morgan fingerprint density at radius 2 is 1.88 bits per heavy atom. The van der Waals surface area contributed by atoms with Gasteiger partial charge in [-0.3, -0.25) is 9.59 Å². The first-order valence-corrected chi connectivity index (χ1v) is 8.84. The SMILES string of the molecule is C[C@H]1C(=O)C[C@H]2[C@@H]([C@@H]1OCc1ccccc1)[C@H]1CC(=O)[C@@H]2[C@@]1(C)O. The molecule has 0 spiro atoms. The summed E-state index contributed by atoms with van der Waals surface area (Å²) in [5, 5.41) is 10.9. The highest BCUT2D eigenvalue weighted by atomic mass is 16.5. The van der Waals surface area contributed by atoms with Crippen molar-refractivity contribution in [2.45, 2.75) is 45.0 Å². The number of aliphatic hydroxyl groups is 1. The minimum absolute atomic E-state index is 0.0595. The topological polar surface area (TPSA) is 63.6 Å². The van der Waals surface area contributed by atoms with Crippen LogP contribution in [0.4, 0.5) is 0 Å². The van der Waals surface area contributed by atoms with Gasteiger partial charge in [-0.1, -0.05) is 37.3 Å². The molecule has 0 aliphatic heterocycles. The fraction of sp³-hybridized carbons (Fsp3) is 0.600. The number of fused-ring (bicyclic) bond motifs is 5. The van der Waals surface area contributed by atoms with Crippen molar-refractivity contribution in [2.75, 3.05) is 0 Å². The lowest BCUT2D eigenvalue weighted by Gasteiger charge is -2.42. The Morgan fingerprint density at radius 1 is 1.17 bits per heavy atom. The summed E-state index contributed by atoms with van der Waals surface area (Å²) >= 11 is 0. The highest BCUT2D eigenvalue weighted by Gasteiger charge is 2.68. The zero-order chi connectivity index (χ0) is 17.1. The van der Waals surface area contributed by atoms with Crippen molar-refractivity contribution < 1.29 is 19.4 Å². The maximum Gasteiger partial charge on any atom is 0.139 e. The van der Waals surface area contributed by atoms with Crippen molar-refractivity contribution in [2.24, 2.45) is 29.6 Å². The van der Waals surface area contributed by atoms with E-state index in [1.165, 1.54) is 0 Å². The zero-order valence-electron chi connectivity index (χ0n) is 14.1. The molecule has 7 atom stereocenters. The zero-order valence-corrected chi connectivity index (χ0v) is 14.1. The average molecular weight is 328 g/mol. The molecule has 3 fully saturated rings. The van der Waals surface area contributed by atoms with Crippen LogP contribution in [0, 0.1) is 29.6 Å². The highest BCUT2D eigenvalue weighted by Crippen LogP contribution is 2.61. The first kappa shape index (κ1) is 16.0. The van der Waals surface area contributed by atoms with E-state index in [4.69, 9.17) is 4.74 Å². The molecule has 3 aliphatic rings. The molecule has 1 N–H and O–H groups in total. The molecular weight excluding hydrogens is 304 g/mol. The van der Waals surface area contributed by atoms with Crippen LogP contribution in [0.5, 0.6) is 0 Å². The van der Waals surface area contributed by atoms with E-state index < -0.39 is 11.5 Å². The number of hydrogen-bond acceptors (Lipinski definition) is 4.